The van der Waals surface area contributed by atoms with Crippen molar-refractivity contribution in [3.8, 4) is 0 Å². The van der Waals surface area contributed by atoms with E-state index >= 15 is 0 Å². The Balaban J connectivity index is 2.69. The fraction of sp³-hybridized carbons (Fsp3) is 0.143. The van der Waals surface area contributed by atoms with E-state index in [4.69, 9.17) is 0 Å². The zero-order chi connectivity index (χ0) is 7.40. The highest BCUT2D eigenvalue weighted by Crippen LogP contribution is 1.92. The van der Waals surface area contributed by atoms with Crippen LogP contribution in [0.4, 0.5) is 4.39 Å². The summed E-state index contributed by atoms with van der Waals surface area (Å²) in [6, 6.07) is 6.85. The van der Waals surface area contributed by atoms with Crippen LogP contribution in [0.15, 0.2) is 24.3 Å². The maximum atomic E-state index is 12.3. The van der Waals surface area contributed by atoms with Crippen molar-refractivity contribution < 1.29 is 4.39 Å². The first-order chi connectivity index (χ1) is 4.83. The molecule has 0 aliphatic heterocycles. The molecule has 0 aliphatic rings. The van der Waals surface area contributed by atoms with Crippen LogP contribution in [0.5, 0.6) is 0 Å². The van der Waals surface area contributed by atoms with Crippen molar-refractivity contribution in [2.24, 2.45) is 0 Å². The van der Waals surface area contributed by atoms with Crippen LogP contribution in [-0.4, -0.2) is 13.6 Å². The van der Waals surface area contributed by atoms with E-state index in [-0.39, 0.29) is 15.3 Å². The Morgan fingerprint density at radius 3 is 2.40 bits per heavy atom. The van der Waals surface area contributed by atoms with Gasteiger partial charge >= 0.3 is 0 Å². The molecule has 0 atom stereocenters. The third-order valence-corrected chi connectivity index (χ3v) is 4.15. The van der Waals surface area contributed by atoms with Gasteiger partial charge in [-0.1, -0.05) is 39.9 Å². The smallest absolute Gasteiger partial charge is 0.123 e. The molecule has 0 radical (unpaired) electrons. The maximum absolute atomic E-state index is 12.3. The van der Waals surface area contributed by atoms with E-state index < -0.39 is 0 Å². The summed E-state index contributed by atoms with van der Waals surface area (Å²) < 4.78 is 13.6. The lowest BCUT2D eigenvalue weighted by Crippen LogP contribution is -2.14. The van der Waals surface area contributed by atoms with Crippen LogP contribution in [0, 0.1) is 5.82 Å². The van der Waals surface area contributed by atoms with Crippen molar-refractivity contribution in [1.82, 2.24) is 0 Å². The lowest BCUT2D eigenvalue weighted by molar-refractivity contribution is 0.628. The van der Waals surface area contributed by atoms with Crippen molar-refractivity contribution in [2.45, 2.75) is 0 Å². The van der Waals surface area contributed by atoms with Gasteiger partial charge in [0.1, 0.15) is 5.82 Å². The van der Waals surface area contributed by atoms with E-state index in [1.807, 2.05) is 12.1 Å². The predicted molar refractivity (Wildman–Crippen MR) is 53.5 cm³/mol. The second-order valence-corrected chi connectivity index (χ2v) is 7.00. The average Bonchev–Trinajstić information content (AvgIpc) is 1.95. The Morgan fingerprint density at radius 1 is 1.30 bits per heavy atom. The highest BCUT2D eigenvalue weighted by atomic mass is 127. The van der Waals surface area contributed by atoms with Crippen LogP contribution >= 0.6 is 22.6 Å². The van der Waals surface area contributed by atoms with Gasteiger partial charge in [0, 0.05) is 0 Å². The Morgan fingerprint density at radius 2 is 1.90 bits per heavy atom. The second-order valence-electron chi connectivity index (χ2n) is 2.07. The van der Waals surface area contributed by atoms with Crippen LogP contribution < -0.4 is 5.19 Å². The molecular weight excluding hydrogens is 258 g/mol. The Bertz CT molecular complexity index is 197. The van der Waals surface area contributed by atoms with Crippen molar-refractivity contribution in [1.29, 1.82) is 0 Å². The SMILES string of the molecule is Fc1ccc([SiH2]CI)cc1. The van der Waals surface area contributed by atoms with Crippen molar-refractivity contribution in [2.75, 3.05) is 4.05 Å². The number of alkyl halides is 1. The minimum absolute atomic E-state index is 0.0970. The van der Waals surface area contributed by atoms with Crippen molar-refractivity contribution in [3.63, 3.8) is 0 Å². The van der Waals surface area contributed by atoms with Gasteiger partial charge in [-0.3, -0.25) is 0 Å². The van der Waals surface area contributed by atoms with Gasteiger partial charge in [0.15, 0.2) is 0 Å². The van der Waals surface area contributed by atoms with Gasteiger partial charge in [-0.25, -0.2) is 4.39 Å². The Hall–Kier alpha value is 0.0969. The molecule has 0 amide bonds. The minimum Gasteiger partial charge on any atom is -0.207 e. The number of rotatable bonds is 2. The lowest BCUT2D eigenvalue weighted by Gasteiger charge is -1.94. The first kappa shape index (κ1) is 8.20. The van der Waals surface area contributed by atoms with Crippen molar-refractivity contribution >= 4 is 37.3 Å². The zero-order valence-electron chi connectivity index (χ0n) is 5.48. The van der Waals surface area contributed by atoms with E-state index in [2.05, 4.69) is 22.6 Å². The monoisotopic (exact) mass is 266 g/mol. The van der Waals surface area contributed by atoms with E-state index in [9.17, 15) is 4.39 Å². The van der Waals surface area contributed by atoms with Crippen LogP contribution in [0.2, 0.25) is 0 Å². The third-order valence-electron chi connectivity index (χ3n) is 1.30. The van der Waals surface area contributed by atoms with Crippen LogP contribution in [0.1, 0.15) is 0 Å². The summed E-state index contributed by atoms with van der Waals surface area (Å²) in [5, 5.41) is 1.34. The minimum atomic E-state index is -0.133. The van der Waals surface area contributed by atoms with Gasteiger partial charge in [0.05, 0.1) is 9.52 Å². The molecule has 0 fully saturated rings. The van der Waals surface area contributed by atoms with Gasteiger partial charge in [0.2, 0.25) is 0 Å². The highest BCUT2D eigenvalue weighted by molar-refractivity contribution is 14.1. The Labute approximate surface area is 75.8 Å². The molecule has 0 N–H and O–H groups in total. The molecule has 3 heteroatoms. The molecule has 0 saturated heterocycles. The fourth-order valence-electron chi connectivity index (χ4n) is 0.760. The first-order valence-corrected chi connectivity index (χ1v) is 6.36. The summed E-state index contributed by atoms with van der Waals surface area (Å²) in [4.78, 5) is 0. The topological polar surface area (TPSA) is 0 Å². The Kier molecular flexibility index (Phi) is 3.34. The molecule has 0 aromatic heterocycles. The summed E-state index contributed by atoms with van der Waals surface area (Å²) in [6.45, 7) is 0. The number of hydrogen-bond acceptors (Lipinski definition) is 0. The first-order valence-electron chi connectivity index (χ1n) is 3.13. The van der Waals surface area contributed by atoms with Crippen molar-refractivity contribution in [3.05, 3.63) is 30.1 Å². The third kappa shape index (κ3) is 2.38. The molecule has 0 nitrogen and oxygen atoms in total. The molecule has 10 heavy (non-hydrogen) atoms. The average molecular weight is 266 g/mol. The van der Waals surface area contributed by atoms with E-state index in [0.29, 0.717) is 0 Å². The molecule has 1 aromatic carbocycles. The fourth-order valence-corrected chi connectivity index (χ4v) is 3.42. The normalized spacial score (nSPS) is 11.0. The summed E-state index contributed by atoms with van der Waals surface area (Å²) in [7, 11) is -0.0970. The standard InChI is InChI=1S/C7H8FISi/c8-6-1-3-7(4-2-6)10-5-9/h1-4H,5,10H2. The summed E-state index contributed by atoms with van der Waals surface area (Å²) in [6.07, 6.45) is 0. The molecule has 0 heterocycles. The molecule has 0 bridgehead atoms. The lowest BCUT2D eigenvalue weighted by atomic mass is 10.3. The zero-order valence-corrected chi connectivity index (χ0v) is 9.05. The number of hydrogen-bond donors (Lipinski definition) is 0. The van der Waals surface area contributed by atoms with Gasteiger partial charge in [-0.05, 0) is 16.2 Å². The quantitative estimate of drug-likeness (QED) is 0.426. The molecule has 0 unspecified atom stereocenters. The van der Waals surface area contributed by atoms with E-state index in [1.54, 1.807) is 0 Å². The van der Waals surface area contributed by atoms with Crippen LogP contribution in [0.25, 0.3) is 0 Å². The predicted octanol–water partition coefficient (Wildman–Crippen LogP) is 1.01. The maximum Gasteiger partial charge on any atom is 0.123 e. The van der Waals surface area contributed by atoms with Crippen LogP contribution in [-0.2, 0) is 0 Å². The van der Waals surface area contributed by atoms with Gasteiger partial charge in [-0.15, -0.1) is 0 Å². The molecule has 0 spiro atoms. The number of benzene rings is 1. The molecule has 1 aromatic rings. The van der Waals surface area contributed by atoms with Gasteiger partial charge in [-0.2, -0.15) is 0 Å². The molecule has 54 valence electrons. The second kappa shape index (κ2) is 4.08. The molecular formula is C7H8FISi. The summed E-state index contributed by atoms with van der Waals surface area (Å²) >= 11 is 2.37. The molecule has 1 rings (SSSR count). The van der Waals surface area contributed by atoms with E-state index in [0.717, 1.165) is 0 Å². The summed E-state index contributed by atoms with van der Waals surface area (Å²) in [5.74, 6) is -0.133. The van der Waals surface area contributed by atoms with E-state index in [1.165, 1.54) is 21.4 Å². The largest absolute Gasteiger partial charge is 0.207 e. The summed E-state index contributed by atoms with van der Waals surface area (Å²) in [5.41, 5.74) is 0. The van der Waals surface area contributed by atoms with Gasteiger partial charge in [0.25, 0.3) is 0 Å². The molecule has 0 saturated carbocycles. The number of halogens is 2. The molecule has 0 aliphatic carbocycles. The highest BCUT2D eigenvalue weighted by Gasteiger charge is 1.91. The van der Waals surface area contributed by atoms with Gasteiger partial charge < -0.3 is 0 Å². The van der Waals surface area contributed by atoms with Crippen LogP contribution in [0.3, 0.4) is 0 Å².